The van der Waals surface area contributed by atoms with Crippen LogP contribution in [-0.4, -0.2) is 23.1 Å². The standard InChI is InChI=1S/C18H21N5/c19-8-2-10-22-18-15-3-1-9-21-17(15)11-16(23-18)14-6-4-13(12-20)5-7-14/h1,3-7,9,11H,2,8,10,12,19-20H2,(H,22,23). The van der Waals surface area contributed by atoms with Crippen LogP contribution in [0.25, 0.3) is 22.2 Å². The maximum atomic E-state index is 5.66. The van der Waals surface area contributed by atoms with Crippen LogP contribution in [0.5, 0.6) is 0 Å². The predicted octanol–water partition coefficient (Wildman–Crippen LogP) is 2.52. The Kier molecular flexibility index (Phi) is 4.80. The molecule has 0 spiro atoms. The number of anilines is 1. The van der Waals surface area contributed by atoms with E-state index in [2.05, 4.69) is 10.3 Å². The van der Waals surface area contributed by atoms with Crippen LogP contribution in [-0.2, 0) is 6.54 Å². The zero-order valence-electron chi connectivity index (χ0n) is 13.0. The van der Waals surface area contributed by atoms with Gasteiger partial charge in [0.25, 0.3) is 0 Å². The van der Waals surface area contributed by atoms with Crippen molar-refractivity contribution in [2.75, 3.05) is 18.4 Å². The lowest BCUT2D eigenvalue weighted by molar-refractivity contribution is 0.871. The fourth-order valence-corrected chi connectivity index (χ4v) is 2.48. The maximum Gasteiger partial charge on any atom is 0.136 e. The van der Waals surface area contributed by atoms with Crippen LogP contribution in [0.4, 0.5) is 5.82 Å². The summed E-state index contributed by atoms with van der Waals surface area (Å²) < 4.78 is 0. The van der Waals surface area contributed by atoms with Gasteiger partial charge in [-0.15, -0.1) is 0 Å². The van der Waals surface area contributed by atoms with Crippen LogP contribution < -0.4 is 16.8 Å². The Morgan fingerprint density at radius 3 is 2.61 bits per heavy atom. The van der Waals surface area contributed by atoms with Crippen molar-refractivity contribution >= 4 is 16.7 Å². The Balaban J connectivity index is 2.02. The zero-order valence-corrected chi connectivity index (χ0v) is 13.0. The number of aromatic nitrogens is 2. The van der Waals surface area contributed by atoms with Crippen molar-refractivity contribution in [3.8, 4) is 11.3 Å². The molecular formula is C18H21N5. The molecule has 0 unspecified atom stereocenters. The van der Waals surface area contributed by atoms with Gasteiger partial charge in [0, 0.05) is 30.2 Å². The largest absolute Gasteiger partial charge is 0.369 e. The molecule has 23 heavy (non-hydrogen) atoms. The molecule has 0 aliphatic rings. The molecule has 0 aliphatic heterocycles. The van der Waals surface area contributed by atoms with E-state index in [0.29, 0.717) is 13.1 Å². The fraction of sp³-hybridized carbons (Fsp3) is 0.222. The van der Waals surface area contributed by atoms with Gasteiger partial charge < -0.3 is 16.8 Å². The molecule has 0 bridgehead atoms. The van der Waals surface area contributed by atoms with E-state index in [9.17, 15) is 0 Å². The lowest BCUT2D eigenvalue weighted by atomic mass is 10.1. The Morgan fingerprint density at radius 2 is 1.87 bits per heavy atom. The summed E-state index contributed by atoms with van der Waals surface area (Å²) in [4.78, 5) is 9.24. The molecule has 0 amide bonds. The first kappa shape index (κ1) is 15.4. The van der Waals surface area contributed by atoms with E-state index in [1.165, 1.54) is 0 Å². The molecule has 2 heterocycles. The van der Waals surface area contributed by atoms with Crippen LogP contribution in [0, 0.1) is 0 Å². The van der Waals surface area contributed by atoms with E-state index in [0.717, 1.165) is 46.5 Å². The number of fused-ring (bicyclic) bond motifs is 1. The van der Waals surface area contributed by atoms with E-state index in [1.54, 1.807) is 6.20 Å². The molecule has 5 heteroatoms. The van der Waals surface area contributed by atoms with Gasteiger partial charge in [-0.05, 0) is 36.7 Å². The van der Waals surface area contributed by atoms with Crippen molar-refractivity contribution in [3.05, 3.63) is 54.2 Å². The van der Waals surface area contributed by atoms with E-state index < -0.39 is 0 Å². The Morgan fingerprint density at radius 1 is 1.04 bits per heavy atom. The summed E-state index contributed by atoms with van der Waals surface area (Å²) in [5.74, 6) is 0.849. The molecule has 118 valence electrons. The molecule has 5 N–H and O–H groups in total. The molecule has 0 saturated heterocycles. The Labute approximate surface area is 135 Å². The molecule has 0 saturated carbocycles. The van der Waals surface area contributed by atoms with Crippen molar-refractivity contribution in [2.45, 2.75) is 13.0 Å². The van der Waals surface area contributed by atoms with Crippen molar-refractivity contribution < 1.29 is 0 Å². The van der Waals surface area contributed by atoms with E-state index in [1.807, 2.05) is 42.5 Å². The molecule has 5 nitrogen and oxygen atoms in total. The van der Waals surface area contributed by atoms with E-state index in [4.69, 9.17) is 16.5 Å². The van der Waals surface area contributed by atoms with E-state index in [-0.39, 0.29) is 0 Å². The van der Waals surface area contributed by atoms with Crippen LogP contribution in [0.2, 0.25) is 0 Å². The average molecular weight is 307 g/mol. The number of benzene rings is 1. The molecule has 0 atom stereocenters. The highest BCUT2D eigenvalue weighted by Crippen LogP contribution is 2.26. The minimum absolute atomic E-state index is 0.541. The first-order valence-electron chi connectivity index (χ1n) is 7.81. The summed E-state index contributed by atoms with van der Waals surface area (Å²) in [6.45, 7) is 1.99. The Hall–Kier alpha value is -2.50. The van der Waals surface area contributed by atoms with Crippen LogP contribution >= 0.6 is 0 Å². The average Bonchev–Trinajstić information content (AvgIpc) is 2.62. The van der Waals surface area contributed by atoms with E-state index >= 15 is 0 Å². The minimum atomic E-state index is 0.541. The molecule has 0 aliphatic carbocycles. The van der Waals surface area contributed by atoms with Gasteiger partial charge in [0.2, 0.25) is 0 Å². The lowest BCUT2D eigenvalue weighted by Crippen LogP contribution is -2.10. The number of hydrogen-bond acceptors (Lipinski definition) is 5. The number of nitrogens with one attached hydrogen (secondary N) is 1. The quantitative estimate of drug-likeness (QED) is 0.609. The molecule has 2 aromatic heterocycles. The topological polar surface area (TPSA) is 89.8 Å². The number of pyridine rings is 2. The minimum Gasteiger partial charge on any atom is -0.369 e. The fourth-order valence-electron chi connectivity index (χ4n) is 2.48. The molecule has 1 aromatic carbocycles. The molecule has 3 rings (SSSR count). The van der Waals surface area contributed by atoms with Crippen molar-refractivity contribution in [3.63, 3.8) is 0 Å². The third-order valence-electron chi connectivity index (χ3n) is 3.76. The van der Waals surface area contributed by atoms with Gasteiger partial charge in [0.1, 0.15) is 5.82 Å². The monoisotopic (exact) mass is 307 g/mol. The number of rotatable bonds is 6. The SMILES string of the molecule is NCCCNc1nc(-c2ccc(CN)cc2)cc2ncccc12. The highest BCUT2D eigenvalue weighted by Gasteiger charge is 2.08. The first-order valence-corrected chi connectivity index (χ1v) is 7.81. The number of nitrogens with zero attached hydrogens (tertiary/aromatic N) is 2. The normalized spacial score (nSPS) is 10.9. The van der Waals surface area contributed by atoms with Gasteiger partial charge in [-0.25, -0.2) is 4.98 Å². The summed E-state index contributed by atoms with van der Waals surface area (Å²) in [6.07, 6.45) is 2.70. The number of hydrogen-bond donors (Lipinski definition) is 3. The maximum absolute atomic E-state index is 5.66. The summed E-state index contributed by atoms with van der Waals surface area (Å²) in [5, 5.41) is 4.39. The predicted molar refractivity (Wildman–Crippen MR) is 95.0 cm³/mol. The van der Waals surface area contributed by atoms with Crippen molar-refractivity contribution in [1.82, 2.24) is 9.97 Å². The summed E-state index contributed by atoms with van der Waals surface area (Å²) >= 11 is 0. The molecule has 3 aromatic rings. The second kappa shape index (κ2) is 7.17. The summed E-state index contributed by atoms with van der Waals surface area (Å²) in [7, 11) is 0. The zero-order chi connectivity index (χ0) is 16.1. The lowest BCUT2D eigenvalue weighted by Gasteiger charge is -2.11. The number of nitrogens with two attached hydrogens (primary N) is 2. The highest BCUT2D eigenvalue weighted by atomic mass is 15.0. The van der Waals surface area contributed by atoms with Gasteiger partial charge in [0.15, 0.2) is 0 Å². The second-order valence-electron chi connectivity index (χ2n) is 5.40. The second-order valence-corrected chi connectivity index (χ2v) is 5.40. The van der Waals surface area contributed by atoms with Gasteiger partial charge in [-0.1, -0.05) is 24.3 Å². The van der Waals surface area contributed by atoms with Crippen molar-refractivity contribution in [2.24, 2.45) is 11.5 Å². The van der Waals surface area contributed by atoms with Gasteiger partial charge in [-0.2, -0.15) is 0 Å². The molecular weight excluding hydrogens is 286 g/mol. The summed E-state index contributed by atoms with van der Waals surface area (Å²) in [5.41, 5.74) is 15.2. The third kappa shape index (κ3) is 3.47. The third-order valence-corrected chi connectivity index (χ3v) is 3.76. The van der Waals surface area contributed by atoms with Crippen molar-refractivity contribution in [1.29, 1.82) is 0 Å². The van der Waals surface area contributed by atoms with Crippen LogP contribution in [0.1, 0.15) is 12.0 Å². The van der Waals surface area contributed by atoms with Gasteiger partial charge in [-0.3, -0.25) is 4.98 Å². The van der Waals surface area contributed by atoms with Crippen LogP contribution in [0.3, 0.4) is 0 Å². The van der Waals surface area contributed by atoms with Crippen LogP contribution in [0.15, 0.2) is 48.7 Å². The van der Waals surface area contributed by atoms with Gasteiger partial charge >= 0.3 is 0 Å². The molecule has 0 radical (unpaired) electrons. The highest BCUT2D eigenvalue weighted by molar-refractivity contribution is 5.91. The Bertz CT molecular complexity index is 783. The molecule has 0 fully saturated rings. The van der Waals surface area contributed by atoms with Gasteiger partial charge in [0.05, 0.1) is 11.2 Å². The smallest absolute Gasteiger partial charge is 0.136 e. The summed E-state index contributed by atoms with van der Waals surface area (Å²) in [6, 6.07) is 14.1. The first-order chi connectivity index (χ1) is 11.3.